The molecule has 3 rings (SSSR count). The Morgan fingerprint density at radius 2 is 2.30 bits per heavy atom. The van der Waals surface area contributed by atoms with E-state index in [4.69, 9.17) is 4.52 Å². The summed E-state index contributed by atoms with van der Waals surface area (Å²) in [5, 5.41) is 7.50. The highest BCUT2D eigenvalue weighted by Gasteiger charge is 2.28. The van der Waals surface area contributed by atoms with Crippen LogP contribution < -0.4 is 5.32 Å². The van der Waals surface area contributed by atoms with Gasteiger partial charge in [-0.2, -0.15) is 0 Å². The molecule has 1 fully saturated rings. The summed E-state index contributed by atoms with van der Waals surface area (Å²) in [6, 6.07) is 0.289. The molecule has 20 heavy (non-hydrogen) atoms. The first-order valence-electron chi connectivity index (χ1n) is 7.00. The summed E-state index contributed by atoms with van der Waals surface area (Å²) in [5.74, 6) is 2.02. The van der Waals surface area contributed by atoms with Gasteiger partial charge in [-0.05, 0) is 13.8 Å². The van der Waals surface area contributed by atoms with Gasteiger partial charge in [-0.15, -0.1) is 0 Å². The molecule has 2 aromatic rings. The van der Waals surface area contributed by atoms with Gasteiger partial charge in [0.25, 0.3) is 0 Å². The minimum absolute atomic E-state index is 0.289. The van der Waals surface area contributed by atoms with Crippen LogP contribution in [0.15, 0.2) is 16.9 Å². The summed E-state index contributed by atoms with van der Waals surface area (Å²) in [6.45, 7) is 7.78. The molecular weight excluding hydrogens is 254 g/mol. The largest absolute Gasteiger partial charge is 0.361 e. The van der Waals surface area contributed by atoms with Crippen molar-refractivity contribution in [2.75, 3.05) is 19.6 Å². The Morgan fingerprint density at radius 1 is 1.45 bits per heavy atom. The molecular formula is C14H21N5O. The maximum atomic E-state index is 5.27. The standard InChI is InChI=1S/C14H21N5O/c1-10-12(11(2)20-17-10)9-19-7-4-15-8-13(19)14-16-5-6-18(14)3/h5-6,13,15H,4,7-9H2,1-3H3. The first kappa shape index (κ1) is 13.3. The molecule has 0 saturated carbocycles. The van der Waals surface area contributed by atoms with Crippen molar-refractivity contribution in [1.29, 1.82) is 0 Å². The van der Waals surface area contributed by atoms with E-state index in [-0.39, 0.29) is 6.04 Å². The van der Waals surface area contributed by atoms with Crippen molar-refractivity contribution >= 4 is 0 Å². The second-order valence-electron chi connectivity index (χ2n) is 5.39. The van der Waals surface area contributed by atoms with Gasteiger partial charge in [0.05, 0.1) is 11.7 Å². The highest BCUT2D eigenvalue weighted by atomic mass is 16.5. The fourth-order valence-electron chi connectivity index (χ4n) is 2.82. The van der Waals surface area contributed by atoms with Gasteiger partial charge in [0, 0.05) is 51.2 Å². The molecule has 1 saturated heterocycles. The van der Waals surface area contributed by atoms with E-state index < -0.39 is 0 Å². The van der Waals surface area contributed by atoms with E-state index in [0.717, 1.165) is 43.5 Å². The SMILES string of the molecule is Cc1noc(C)c1CN1CCNCC1c1nccn1C. The van der Waals surface area contributed by atoms with Gasteiger partial charge in [0.15, 0.2) is 0 Å². The topological polar surface area (TPSA) is 59.1 Å². The van der Waals surface area contributed by atoms with Crippen LogP contribution >= 0.6 is 0 Å². The second-order valence-corrected chi connectivity index (χ2v) is 5.39. The van der Waals surface area contributed by atoms with Gasteiger partial charge in [0.2, 0.25) is 0 Å². The summed E-state index contributed by atoms with van der Waals surface area (Å²) < 4.78 is 7.37. The van der Waals surface area contributed by atoms with Crippen molar-refractivity contribution in [3.8, 4) is 0 Å². The maximum Gasteiger partial charge on any atom is 0.138 e. The predicted molar refractivity (Wildman–Crippen MR) is 75.2 cm³/mol. The van der Waals surface area contributed by atoms with E-state index in [1.165, 1.54) is 5.56 Å². The Morgan fingerprint density at radius 3 is 2.95 bits per heavy atom. The number of imidazole rings is 1. The minimum Gasteiger partial charge on any atom is -0.361 e. The average molecular weight is 275 g/mol. The lowest BCUT2D eigenvalue weighted by atomic mass is 10.1. The van der Waals surface area contributed by atoms with Gasteiger partial charge in [0.1, 0.15) is 11.6 Å². The zero-order chi connectivity index (χ0) is 14.1. The minimum atomic E-state index is 0.289. The highest BCUT2D eigenvalue weighted by Crippen LogP contribution is 2.24. The third-order valence-electron chi connectivity index (χ3n) is 4.05. The van der Waals surface area contributed by atoms with Crippen LogP contribution in [0.3, 0.4) is 0 Å². The van der Waals surface area contributed by atoms with E-state index >= 15 is 0 Å². The molecule has 1 N–H and O–H groups in total. The predicted octanol–water partition coefficient (Wildman–Crippen LogP) is 1.17. The fraction of sp³-hybridized carbons (Fsp3) is 0.571. The number of piperazine rings is 1. The van der Waals surface area contributed by atoms with Gasteiger partial charge in [-0.25, -0.2) is 4.98 Å². The molecule has 108 valence electrons. The molecule has 0 bridgehead atoms. The molecule has 1 aliphatic rings. The molecule has 0 spiro atoms. The van der Waals surface area contributed by atoms with E-state index in [1.54, 1.807) is 0 Å². The number of nitrogens with zero attached hydrogens (tertiary/aromatic N) is 4. The first-order chi connectivity index (χ1) is 9.66. The van der Waals surface area contributed by atoms with Crippen LogP contribution in [0.1, 0.15) is 28.9 Å². The molecule has 0 amide bonds. The first-order valence-corrected chi connectivity index (χ1v) is 7.00. The Hall–Kier alpha value is -1.66. The summed E-state index contributed by atoms with van der Waals surface area (Å²) >= 11 is 0. The molecule has 6 heteroatoms. The van der Waals surface area contributed by atoms with Crippen LogP contribution in [0, 0.1) is 13.8 Å². The van der Waals surface area contributed by atoms with Crippen molar-refractivity contribution in [2.45, 2.75) is 26.4 Å². The van der Waals surface area contributed by atoms with Crippen LogP contribution in [-0.2, 0) is 13.6 Å². The van der Waals surface area contributed by atoms with Crippen LogP contribution in [0.4, 0.5) is 0 Å². The van der Waals surface area contributed by atoms with Gasteiger partial charge in [-0.3, -0.25) is 4.90 Å². The molecule has 1 aliphatic heterocycles. The van der Waals surface area contributed by atoms with Crippen LogP contribution in [-0.4, -0.2) is 39.2 Å². The van der Waals surface area contributed by atoms with Gasteiger partial charge < -0.3 is 14.4 Å². The smallest absolute Gasteiger partial charge is 0.138 e. The van der Waals surface area contributed by atoms with Crippen molar-refractivity contribution in [1.82, 2.24) is 24.9 Å². The Labute approximate surface area is 118 Å². The summed E-state index contributed by atoms with van der Waals surface area (Å²) in [7, 11) is 2.05. The Kier molecular flexibility index (Phi) is 3.58. The molecule has 1 atom stereocenters. The number of aromatic nitrogens is 3. The third-order valence-corrected chi connectivity index (χ3v) is 4.05. The number of aryl methyl sites for hydroxylation is 3. The zero-order valence-electron chi connectivity index (χ0n) is 12.3. The third kappa shape index (κ3) is 2.36. The maximum absolute atomic E-state index is 5.27. The van der Waals surface area contributed by atoms with Crippen molar-refractivity contribution in [3.63, 3.8) is 0 Å². The van der Waals surface area contributed by atoms with Crippen molar-refractivity contribution in [3.05, 3.63) is 35.2 Å². The molecule has 1 unspecified atom stereocenters. The summed E-state index contributed by atoms with van der Waals surface area (Å²) in [6.07, 6.45) is 3.86. The van der Waals surface area contributed by atoms with E-state index in [9.17, 15) is 0 Å². The highest BCUT2D eigenvalue weighted by molar-refractivity contribution is 5.21. The normalized spacial score (nSPS) is 20.4. The van der Waals surface area contributed by atoms with Crippen molar-refractivity contribution < 1.29 is 4.52 Å². The van der Waals surface area contributed by atoms with E-state index in [2.05, 4.69) is 24.9 Å². The quantitative estimate of drug-likeness (QED) is 0.911. The fourth-order valence-corrected chi connectivity index (χ4v) is 2.82. The molecule has 3 heterocycles. The van der Waals surface area contributed by atoms with Crippen molar-refractivity contribution in [2.24, 2.45) is 7.05 Å². The lowest BCUT2D eigenvalue weighted by Crippen LogP contribution is -2.46. The van der Waals surface area contributed by atoms with E-state index in [0.29, 0.717) is 0 Å². The van der Waals surface area contributed by atoms with Crippen LogP contribution in [0.2, 0.25) is 0 Å². The lowest BCUT2D eigenvalue weighted by molar-refractivity contribution is 0.144. The Bertz CT molecular complexity index is 569. The molecule has 6 nitrogen and oxygen atoms in total. The number of nitrogens with one attached hydrogen (secondary N) is 1. The average Bonchev–Trinajstić information content (AvgIpc) is 3.00. The van der Waals surface area contributed by atoms with Gasteiger partial charge in [-0.1, -0.05) is 5.16 Å². The lowest BCUT2D eigenvalue weighted by Gasteiger charge is -2.35. The van der Waals surface area contributed by atoms with Crippen LogP contribution in [0.5, 0.6) is 0 Å². The van der Waals surface area contributed by atoms with Gasteiger partial charge >= 0.3 is 0 Å². The number of hydrogen-bond acceptors (Lipinski definition) is 5. The molecule has 2 aromatic heterocycles. The number of rotatable bonds is 3. The number of hydrogen-bond donors (Lipinski definition) is 1. The molecule has 0 radical (unpaired) electrons. The Balaban J connectivity index is 1.85. The van der Waals surface area contributed by atoms with Crippen LogP contribution in [0.25, 0.3) is 0 Å². The van der Waals surface area contributed by atoms with E-state index in [1.807, 2.05) is 33.3 Å². The summed E-state index contributed by atoms with van der Waals surface area (Å²) in [4.78, 5) is 6.96. The molecule has 0 aromatic carbocycles. The zero-order valence-corrected chi connectivity index (χ0v) is 12.3. The summed E-state index contributed by atoms with van der Waals surface area (Å²) in [5.41, 5.74) is 2.19. The molecule has 0 aliphatic carbocycles. The second kappa shape index (κ2) is 5.38. The monoisotopic (exact) mass is 275 g/mol.